The highest BCUT2D eigenvalue weighted by atomic mass is 16.3. The predicted molar refractivity (Wildman–Crippen MR) is 85.6 cm³/mol. The van der Waals surface area contributed by atoms with Crippen LogP contribution in [0.15, 0.2) is 12.4 Å². The number of imidazole rings is 1. The van der Waals surface area contributed by atoms with E-state index in [0.717, 1.165) is 50.9 Å². The number of urea groups is 1. The molecule has 22 heavy (non-hydrogen) atoms. The molecule has 6 nitrogen and oxygen atoms in total. The molecular weight excluding hydrogens is 280 g/mol. The van der Waals surface area contributed by atoms with E-state index >= 15 is 0 Å². The summed E-state index contributed by atoms with van der Waals surface area (Å²) in [6.07, 6.45) is 9.44. The van der Waals surface area contributed by atoms with Gasteiger partial charge in [-0.1, -0.05) is 6.42 Å². The molecule has 1 fully saturated rings. The molecule has 2 atom stereocenters. The third-order valence-corrected chi connectivity index (χ3v) is 4.34. The number of aryl methyl sites for hydroxylation is 2. The summed E-state index contributed by atoms with van der Waals surface area (Å²) >= 11 is 0. The molecule has 0 bridgehead atoms. The predicted octanol–water partition coefficient (Wildman–Crippen LogP) is 1.82. The fourth-order valence-corrected chi connectivity index (χ4v) is 3.00. The van der Waals surface area contributed by atoms with E-state index in [4.69, 9.17) is 0 Å². The second kappa shape index (κ2) is 8.78. The van der Waals surface area contributed by atoms with Crippen LogP contribution in [0.2, 0.25) is 0 Å². The number of carbonyl (C=O) groups is 1. The molecule has 2 unspecified atom stereocenters. The zero-order valence-corrected chi connectivity index (χ0v) is 13.4. The SMILES string of the molecule is Cc1nccn1CCCCNC(=O)NCC1CCCC(O)C1. The Kier molecular flexibility index (Phi) is 6.71. The van der Waals surface area contributed by atoms with Crippen LogP contribution in [0.5, 0.6) is 0 Å². The zero-order valence-electron chi connectivity index (χ0n) is 13.4. The Morgan fingerprint density at radius 3 is 3.00 bits per heavy atom. The van der Waals surface area contributed by atoms with Crippen LogP contribution in [0.1, 0.15) is 44.3 Å². The smallest absolute Gasteiger partial charge is 0.314 e. The van der Waals surface area contributed by atoms with Gasteiger partial charge in [0, 0.05) is 32.0 Å². The van der Waals surface area contributed by atoms with Crippen molar-refractivity contribution in [1.82, 2.24) is 20.2 Å². The topological polar surface area (TPSA) is 79.2 Å². The Morgan fingerprint density at radius 2 is 2.27 bits per heavy atom. The second-order valence-electron chi connectivity index (χ2n) is 6.20. The number of nitrogens with zero attached hydrogens (tertiary/aromatic N) is 2. The normalized spacial score (nSPS) is 21.5. The summed E-state index contributed by atoms with van der Waals surface area (Å²) in [5.74, 6) is 1.44. The van der Waals surface area contributed by atoms with Crippen molar-refractivity contribution in [2.75, 3.05) is 13.1 Å². The van der Waals surface area contributed by atoms with Gasteiger partial charge in [-0.2, -0.15) is 0 Å². The molecule has 124 valence electrons. The number of carbonyl (C=O) groups excluding carboxylic acids is 1. The van der Waals surface area contributed by atoms with E-state index in [1.54, 1.807) is 0 Å². The maximum Gasteiger partial charge on any atom is 0.314 e. The summed E-state index contributed by atoms with van der Waals surface area (Å²) in [6, 6.07) is -0.0983. The summed E-state index contributed by atoms with van der Waals surface area (Å²) in [5, 5.41) is 15.4. The molecule has 0 saturated heterocycles. The quantitative estimate of drug-likeness (QED) is 0.672. The highest BCUT2D eigenvalue weighted by Crippen LogP contribution is 2.23. The van der Waals surface area contributed by atoms with E-state index < -0.39 is 0 Å². The molecule has 0 radical (unpaired) electrons. The lowest BCUT2D eigenvalue weighted by Gasteiger charge is -2.25. The standard InChI is InChI=1S/C16H28N4O2/c1-13-17-8-10-20(13)9-3-2-7-18-16(22)19-12-14-5-4-6-15(21)11-14/h8,10,14-15,21H,2-7,9,11-12H2,1H3,(H2,18,19,22). The largest absolute Gasteiger partial charge is 0.393 e. The van der Waals surface area contributed by atoms with Gasteiger partial charge in [0.25, 0.3) is 0 Å². The number of rotatable bonds is 7. The van der Waals surface area contributed by atoms with E-state index in [2.05, 4.69) is 20.2 Å². The fourth-order valence-electron chi connectivity index (χ4n) is 3.00. The minimum Gasteiger partial charge on any atom is -0.393 e. The molecule has 3 N–H and O–H groups in total. The van der Waals surface area contributed by atoms with Crippen molar-refractivity contribution in [3.63, 3.8) is 0 Å². The molecule has 1 aliphatic carbocycles. The number of amides is 2. The maximum absolute atomic E-state index is 11.7. The van der Waals surface area contributed by atoms with E-state index in [1.165, 1.54) is 0 Å². The fraction of sp³-hybridized carbons (Fsp3) is 0.750. The Balaban J connectivity index is 1.50. The van der Waals surface area contributed by atoms with E-state index in [9.17, 15) is 9.90 Å². The average molecular weight is 308 g/mol. The Bertz CT molecular complexity index is 461. The summed E-state index contributed by atoms with van der Waals surface area (Å²) in [5.41, 5.74) is 0. The minimum absolute atomic E-state index is 0.0983. The molecule has 2 rings (SSSR count). The maximum atomic E-state index is 11.7. The third kappa shape index (κ3) is 5.67. The molecule has 1 heterocycles. The number of aliphatic hydroxyl groups excluding tert-OH is 1. The van der Waals surface area contributed by atoms with Gasteiger partial charge in [0.1, 0.15) is 5.82 Å². The molecule has 1 aliphatic rings. The van der Waals surface area contributed by atoms with E-state index in [0.29, 0.717) is 19.0 Å². The molecule has 1 aromatic heterocycles. The van der Waals surface area contributed by atoms with E-state index in [-0.39, 0.29) is 12.1 Å². The van der Waals surface area contributed by atoms with Gasteiger partial charge in [-0.3, -0.25) is 0 Å². The van der Waals surface area contributed by atoms with Gasteiger partial charge in [0.2, 0.25) is 0 Å². The lowest BCUT2D eigenvalue weighted by molar-refractivity contribution is 0.101. The summed E-state index contributed by atoms with van der Waals surface area (Å²) < 4.78 is 2.12. The number of hydrogen-bond donors (Lipinski definition) is 3. The van der Waals surface area contributed by atoms with Crippen LogP contribution >= 0.6 is 0 Å². The van der Waals surface area contributed by atoms with E-state index in [1.807, 2.05) is 19.3 Å². The van der Waals surface area contributed by atoms with Gasteiger partial charge in [0.05, 0.1) is 6.10 Å². The first-order chi connectivity index (χ1) is 10.6. The first kappa shape index (κ1) is 16.8. The van der Waals surface area contributed by atoms with Crippen molar-refractivity contribution >= 4 is 6.03 Å². The van der Waals surface area contributed by atoms with Crippen molar-refractivity contribution in [1.29, 1.82) is 0 Å². The van der Waals surface area contributed by atoms with Crippen LogP contribution in [0, 0.1) is 12.8 Å². The molecule has 6 heteroatoms. The lowest BCUT2D eigenvalue weighted by atomic mass is 9.87. The summed E-state index contributed by atoms with van der Waals surface area (Å²) in [6.45, 7) is 4.28. The summed E-state index contributed by atoms with van der Waals surface area (Å²) in [4.78, 5) is 15.9. The van der Waals surface area contributed by atoms with Crippen LogP contribution in [-0.4, -0.2) is 39.9 Å². The average Bonchev–Trinajstić information content (AvgIpc) is 2.90. The van der Waals surface area contributed by atoms with Gasteiger partial charge < -0.3 is 20.3 Å². The Labute approximate surface area is 132 Å². The Morgan fingerprint density at radius 1 is 1.41 bits per heavy atom. The van der Waals surface area contributed by atoms with Gasteiger partial charge >= 0.3 is 6.03 Å². The van der Waals surface area contributed by atoms with Gasteiger partial charge in [-0.15, -0.1) is 0 Å². The first-order valence-electron chi connectivity index (χ1n) is 8.32. The van der Waals surface area contributed by atoms with Crippen molar-refractivity contribution in [2.45, 2.75) is 58.1 Å². The van der Waals surface area contributed by atoms with Gasteiger partial charge in [-0.05, 0) is 44.9 Å². The van der Waals surface area contributed by atoms with Gasteiger partial charge in [0.15, 0.2) is 0 Å². The molecular formula is C16H28N4O2. The van der Waals surface area contributed by atoms with Crippen LogP contribution in [-0.2, 0) is 6.54 Å². The number of unbranched alkanes of at least 4 members (excludes halogenated alkanes) is 1. The van der Waals surface area contributed by atoms with Crippen LogP contribution in [0.3, 0.4) is 0 Å². The number of hydrogen-bond acceptors (Lipinski definition) is 3. The van der Waals surface area contributed by atoms with Crippen LogP contribution in [0.25, 0.3) is 0 Å². The van der Waals surface area contributed by atoms with Crippen LogP contribution in [0.4, 0.5) is 4.79 Å². The Hall–Kier alpha value is -1.56. The summed E-state index contributed by atoms with van der Waals surface area (Å²) in [7, 11) is 0. The van der Waals surface area contributed by atoms with Crippen LogP contribution < -0.4 is 10.6 Å². The molecule has 1 saturated carbocycles. The highest BCUT2D eigenvalue weighted by molar-refractivity contribution is 5.73. The highest BCUT2D eigenvalue weighted by Gasteiger charge is 2.20. The molecule has 1 aromatic rings. The van der Waals surface area contributed by atoms with Gasteiger partial charge in [-0.25, -0.2) is 9.78 Å². The first-order valence-corrected chi connectivity index (χ1v) is 8.32. The lowest BCUT2D eigenvalue weighted by Crippen LogP contribution is -2.40. The third-order valence-electron chi connectivity index (χ3n) is 4.34. The monoisotopic (exact) mass is 308 g/mol. The molecule has 0 aromatic carbocycles. The van der Waals surface area contributed by atoms with Crippen molar-refractivity contribution in [2.24, 2.45) is 5.92 Å². The number of aromatic nitrogens is 2. The molecule has 0 aliphatic heterocycles. The van der Waals surface area contributed by atoms with Crippen molar-refractivity contribution in [3.05, 3.63) is 18.2 Å². The van der Waals surface area contributed by atoms with Crippen molar-refractivity contribution < 1.29 is 9.90 Å². The van der Waals surface area contributed by atoms with Crippen molar-refractivity contribution in [3.8, 4) is 0 Å². The molecule has 0 spiro atoms. The number of aliphatic hydroxyl groups is 1. The zero-order chi connectivity index (χ0) is 15.8. The second-order valence-corrected chi connectivity index (χ2v) is 6.20. The molecule has 2 amide bonds. The number of nitrogens with one attached hydrogen (secondary N) is 2. The minimum atomic E-state index is -0.185.